The normalized spacial score (nSPS) is 19.3. The number of nitrogens with one attached hydrogen (secondary N) is 4. The van der Waals surface area contributed by atoms with Gasteiger partial charge in [0.15, 0.2) is 0 Å². The van der Waals surface area contributed by atoms with Crippen LogP contribution < -0.4 is 21.3 Å². The molecule has 0 spiro atoms. The zero-order valence-electron chi connectivity index (χ0n) is 36.1. The highest BCUT2D eigenvalue weighted by atomic mass is 32.1. The minimum Gasteiger partial charge on any atom is -0.391 e. The predicted octanol–water partition coefficient (Wildman–Crippen LogP) is 5.25. The van der Waals surface area contributed by atoms with E-state index in [0.29, 0.717) is 13.0 Å². The Balaban J connectivity index is 0.854. The number of thiazole rings is 1. The summed E-state index contributed by atoms with van der Waals surface area (Å²) in [7, 11) is 0. The van der Waals surface area contributed by atoms with Crippen molar-refractivity contribution in [2.24, 2.45) is 5.41 Å². The first-order chi connectivity index (χ1) is 29.6. The molecular weight excluding hydrogens is 811 g/mol. The molecule has 4 atom stereocenters. The number of aryl methyl sites for hydroxylation is 1. The maximum absolute atomic E-state index is 14.0. The van der Waals surface area contributed by atoms with Crippen molar-refractivity contribution in [3.8, 4) is 10.4 Å². The molecule has 1 unspecified atom stereocenters. The number of carbonyl (C=O) groups is 7. The number of rotatable bonds is 19. The third kappa shape index (κ3) is 11.3. The van der Waals surface area contributed by atoms with Crippen molar-refractivity contribution in [3.63, 3.8) is 0 Å². The molecule has 2 fully saturated rings. The quantitative estimate of drug-likeness (QED) is 0.0781. The Morgan fingerprint density at radius 1 is 0.919 bits per heavy atom. The number of piperidine rings is 1. The molecule has 2 saturated heterocycles. The number of carbonyl (C=O) groups excluding carboxylic acids is 7. The van der Waals surface area contributed by atoms with Crippen LogP contribution >= 0.6 is 11.3 Å². The zero-order valence-corrected chi connectivity index (χ0v) is 36.9. The molecule has 3 aromatic rings. The van der Waals surface area contributed by atoms with Gasteiger partial charge in [0, 0.05) is 44.6 Å². The number of aromatic nitrogens is 1. The van der Waals surface area contributed by atoms with E-state index in [2.05, 4.69) is 26.3 Å². The number of fused-ring (bicyclic) bond motifs is 1. The first-order valence-electron chi connectivity index (χ1n) is 21.8. The van der Waals surface area contributed by atoms with Gasteiger partial charge in [0.25, 0.3) is 11.8 Å². The topological polar surface area (TPSA) is 207 Å². The fraction of sp³-hybridized carbons (Fsp3) is 0.522. The summed E-state index contributed by atoms with van der Waals surface area (Å²) >= 11 is 1.58. The van der Waals surface area contributed by atoms with Crippen LogP contribution in [0.3, 0.4) is 0 Å². The van der Waals surface area contributed by atoms with Gasteiger partial charge in [-0.1, -0.05) is 83.6 Å². The summed E-state index contributed by atoms with van der Waals surface area (Å²) in [6, 6.07) is 10.2. The Kier molecular flexibility index (Phi) is 15.3. The summed E-state index contributed by atoms with van der Waals surface area (Å²) in [4.78, 5) is 98.2. The molecular formula is C46H59N7O8S. The minimum absolute atomic E-state index is 0.0212. The molecule has 16 heteroatoms. The zero-order chi connectivity index (χ0) is 44.6. The lowest BCUT2D eigenvalue weighted by molar-refractivity contribution is -0.144. The van der Waals surface area contributed by atoms with E-state index in [4.69, 9.17) is 0 Å². The molecule has 332 valence electrons. The number of aliphatic hydroxyl groups is 1. The average Bonchev–Trinajstić information content (AvgIpc) is 3.92. The van der Waals surface area contributed by atoms with Crippen LogP contribution in [0.15, 0.2) is 48.0 Å². The van der Waals surface area contributed by atoms with Gasteiger partial charge in [0.05, 0.1) is 33.3 Å². The molecule has 0 aliphatic carbocycles. The van der Waals surface area contributed by atoms with E-state index in [9.17, 15) is 38.7 Å². The standard InChI is InChI=1S/C46H59N7O8S/c1-28-39(62-27-49-28)30-16-14-29(15-17-30)25-48-41(57)36-24-32(54)26-52(36)45(61)40(46(2,3)4)50-37(55)13-11-9-7-5-6-8-10-12-22-47-31-18-19-33-34(23-31)44(60)53(43(33)59)35-20-21-38(56)51-42(35)58/h14-19,23,27,32,35-36,40,47,54H,5-13,20-22,24-26H2,1-4H3,(H,48,57)(H,50,55)(H,51,56,58)/t32-,35?,36+,40-/m1/s1. The molecule has 6 rings (SSSR count). The number of hydrogen-bond donors (Lipinski definition) is 5. The molecule has 4 heterocycles. The van der Waals surface area contributed by atoms with Crippen molar-refractivity contribution in [2.45, 2.75) is 136 Å². The minimum atomic E-state index is -0.991. The molecule has 1 aromatic heterocycles. The van der Waals surface area contributed by atoms with Gasteiger partial charge in [-0.05, 0) is 60.9 Å². The Hall–Kier alpha value is -5.48. The second-order valence-electron chi connectivity index (χ2n) is 17.7. The summed E-state index contributed by atoms with van der Waals surface area (Å²) < 4.78 is 0. The van der Waals surface area contributed by atoms with Gasteiger partial charge in [-0.25, -0.2) is 4.98 Å². The maximum atomic E-state index is 14.0. The van der Waals surface area contributed by atoms with E-state index >= 15 is 0 Å². The van der Waals surface area contributed by atoms with E-state index in [1.54, 1.807) is 29.5 Å². The fourth-order valence-corrected chi connectivity index (χ4v) is 9.11. The van der Waals surface area contributed by atoms with E-state index in [-0.39, 0.29) is 67.6 Å². The van der Waals surface area contributed by atoms with Crippen LogP contribution in [-0.4, -0.2) is 98.6 Å². The molecule has 0 bridgehead atoms. The summed E-state index contributed by atoms with van der Waals surface area (Å²) in [6.07, 6.45) is 7.43. The van der Waals surface area contributed by atoms with Gasteiger partial charge in [0.1, 0.15) is 18.1 Å². The Bertz CT molecular complexity index is 2150. The van der Waals surface area contributed by atoms with Crippen LogP contribution in [-0.2, 0) is 30.5 Å². The van der Waals surface area contributed by atoms with Crippen LogP contribution in [0.2, 0.25) is 0 Å². The number of nitrogens with zero attached hydrogens (tertiary/aromatic N) is 3. The number of anilines is 1. The largest absolute Gasteiger partial charge is 0.391 e. The summed E-state index contributed by atoms with van der Waals surface area (Å²) in [5, 5.41) is 22.0. The second kappa shape index (κ2) is 20.6. The van der Waals surface area contributed by atoms with Crippen LogP contribution in [0, 0.1) is 12.3 Å². The Morgan fingerprint density at radius 2 is 1.60 bits per heavy atom. The molecule has 5 N–H and O–H groups in total. The van der Waals surface area contributed by atoms with Crippen molar-refractivity contribution < 1.29 is 38.7 Å². The van der Waals surface area contributed by atoms with Crippen molar-refractivity contribution in [1.29, 1.82) is 0 Å². The molecule has 0 radical (unpaired) electrons. The third-order valence-electron chi connectivity index (χ3n) is 11.8. The van der Waals surface area contributed by atoms with Crippen LogP contribution in [0.1, 0.15) is 130 Å². The molecule has 62 heavy (non-hydrogen) atoms. The van der Waals surface area contributed by atoms with Crippen molar-refractivity contribution in [1.82, 2.24) is 30.7 Å². The fourth-order valence-electron chi connectivity index (χ4n) is 8.30. The van der Waals surface area contributed by atoms with Gasteiger partial charge in [-0.15, -0.1) is 11.3 Å². The molecule has 15 nitrogen and oxygen atoms in total. The van der Waals surface area contributed by atoms with Gasteiger partial charge >= 0.3 is 0 Å². The SMILES string of the molecule is Cc1ncsc1-c1ccc(CNC(=O)[C@@H]2C[C@@H](O)CN2C(=O)[C@@H](NC(=O)CCCCCCCCCCNc2ccc3c(c2)C(=O)N(C2CCC(=O)NC2=O)C3=O)C(C)(C)C)cc1. The number of β-amino-alcohol motifs (C(OH)–C–C–N with tert-alkyl or cyclic N) is 1. The van der Waals surface area contributed by atoms with E-state index in [1.807, 2.05) is 57.5 Å². The number of amides is 7. The second-order valence-corrected chi connectivity index (χ2v) is 18.5. The lowest BCUT2D eigenvalue weighted by Gasteiger charge is -2.35. The van der Waals surface area contributed by atoms with Crippen LogP contribution in [0.25, 0.3) is 10.4 Å². The highest BCUT2D eigenvalue weighted by Gasteiger charge is 2.46. The van der Waals surface area contributed by atoms with Gasteiger partial charge in [0.2, 0.25) is 29.5 Å². The van der Waals surface area contributed by atoms with Crippen molar-refractivity contribution >= 4 is 58.4 Å². The average molecular weight is 870 g/mol. The predicted molar refractivity (Wildman–Crippen MR) is 235 cm³/mol. The molecule has 3 aliphatic heterocycles. The van der Waals surface area contributed by atoms with Crippen molar-refractivity contribution in [2.75, 3.05) is 18.4 Å². The monoisotopic (exact) mass is 869 g/mol. The smallest absolute Gasteiger partial charge is 0.262 e. The molecule has 2 aromatic carbocycles. The van der Waals surface area contributed by atoms with Gasteiger partial charge in [-0.2, -0.15) is 0 Å². The number of hydrogen-bond acceptors (Lipinski definition) is 11. The summed E-state index contributed by atoms with van der Waals surface area (Å²) in [5.41, 5.74) is 5.34. The number of aliphatic hydroxyl groups excluding tert-OH is 1. The number of imide groups is 2. The number of benzene rings is 2. The Labute approximate surface area is 366 Å². The van der Waals surface area contributed by atoms with Gasteiger partial charge in [-0.3, -0.25) is 43.8 Å². The van der Waals surface area contributed by atoms with Gasteiger partial charge < -0.3 is 26.0 Å². The first kappa shape index (κ1) is 46.0. The Morgan fingerprint density at radius 3 is 2.26 bits per heavy atom. The van der Waals surface area contributed by atoms with Crippen LogP contribution in [0.4, 0.5) is 5.69 Å². The molecule has 7 amide bonds. The number of unbranched alkanes of at least 4 members (excludes halogenated alkanes) is 7. The molecule has 0 saturated carbocycles. The highest BCUT2D eigenvalue weighted by molar-refractivity contribution is 7.13. The van der Waals surface area contributed by atoms with E-state index < -0.39 is 53.3 Å². The van der Waals surface area contributed by atoms with Crippen LogP contribution in [0.5, 0.6) is 0 Å². The lowest BCUT2D eigenvalue weighted by Crippen LogP contribution is -2.57. The van der Waals surface area contributed by atoms with Crippen molar-refractivity contribution in [3.05, 3.63) is 70.4 Å². The molecule has 3 aliphatic rings. The highest BCUT2D eigenvalue weighted by Crippen LogP contribution is 2.31. The van der Waals surface area contributed by atoms with E-state index in [1.165, 1.54) is 4.90 Å². The summed E-state index contributed by atoms with van der Waals surface area (Å²) in [5.74, 6) is -3.02. The first-order valence-corrected chi connectivity index (χ1v) is 22.6. The lowest BCUT2D eigenvalue weighted by atomic mass is 9.85. The maximum Gasteiger partial charge on any atom is 0.262 e. The third-order valence-corrected chi connectivity index (χ3v) is 12.8. The summed E-state index contributed by atoms with van der Waals surface area (Å²) in [6.45, 7) is 8.60. The number of likely N-dealkylation sites (tertiary alicyclic amines) is 1. The van der Waals surface area contributed by atoms with E-state index in [0.717, 1.165) is 77.2 Å².